The molecular formula is CH6OSr2. The van der Waals surface area contributed by atoms with Crippen molar-refractivity contribution < 1.29 is 4.79 Å². The van der Waals surface area contributed by atoms with Gasteiger partial charge in [0.1, 0.15) is 6.79 Å². The number of carbonyl (C=O) groups excluding carboxylic acids is 1. The third-order valence-corrected chi connectivity index (χ3v) is 0. The SMILES string of the molecule is C=O.[SrH2].[SrH2]. The Balaban J connectivity index is -0.00000000500. The summed E-state index contributed by atoms with van der Waals surface area (Å²) in [4.78, 5) is 8.00. The van der Waals surface area contributed by atoms with Crippen LogP contribution in [0.3, 0.4) is 0 Å². The van der Waals surface area contributed by atoms with Crippen LogP contribution in [-0.2, 0) is 4.79 Å². The Morgan fingerprint density at radius 1 is 1.00 bits per heavy atom. The fraction of sp³-hybridized carbons (Fsp3) is 0. The van der Waals surface area contributed by atoms with Crippen molar-refractivity contribution in [3.8, 4) is 0 Å². The van der Waals surface area contributed by atoms with Crippen LogP contribution in [0.2, 0.25) is 0 Å². The first-order chi connectivity index (χ1) is 1.00. The predicted molar refractivity (Wildman–Crippen MR) is 24.2 cm³/mol. The zero-order valence-electron chi connectivity index (χ0n) is 1.12. The molecule has 0 bridgehead atoms. The van der Waals surface area contributed by atoms with Crippen molar-refractivity contribution in [1.82, 2.24) is 0 Å². The minimum atomic E-state index is 0. The maximum absolute atomic E-state index is 8.00. The summed E-state index contributed by atoms with van der Waals surface area (Å²) in [5, 5.41) is 0. The number of rotatable bonds is 0. The monoisotopic (exact) mass is 210 g/mol. The summed E-state index contributed by atoms with van der Waals surface area (Å²) >= 11 is 0. The second kappa shape index (κ2) is 17.4. The van der Waals surface area contributed by atoms with Crippen molar-refractivity contribution in [2.75, 3.05) is 0 Å². The van der Waals surface area contributed by atoms with Crippen LogP contribution in [0.4, 0.5) is 0 Å². The van der Waals surface area contributed by atoms with Crippen LogP contribution >= 0.6 is 0 Å². The van der Waals surface area contributed by atoms with Gasteiger partial charge in [-0.25, -0.2) is 0 Å². The molecule has 20 valence electrons. The standard InChI is InChI=1S/CH2O.2Sr.4H/c1-2;;;;;;/h1H2;;;;;;. The Morgan fingerprint density at radius 2 is 1.00 bits per heavy atom. The molecule has 0 aliphatic rings. The van der Waals surface area contributed by atoms with Crippen LogP contribution in [0.15, 0.2) is 0 Å². The fourth-order valence-corrected chi connectivity index (χ4v) is 0. The number of carbonyl (C=O) groups is 1. The average Bonchev–Trinajstić information content (AvgIpc) is 1.00. The van der Waals surface area contributed by atoms with E-state index < -0.39 is 0 Å². The molecule has 0 saturated carbocycles. The predicted octanol–water partition coefficient (Wildman–Crippen LogP) is -2.02. The molecule has 1 nitrogen and oxygen atoms in total. The third kappa shape index (κ3) is 8.82. The van der Waals surface area contributed by atoms with E-state index in [1.54, 1.807) is 0 Å². The van der Waals surface area contributed by atoms with Gasteiger partial charge in [-0.15, -0.1) is 0 Å². The molecule has 0 aliphatic carbocycles. The number of hydrogen-bond donors (Lipinski definition) is 0. The van der Waals surface area contributed by atoms with Gasteiger partial charge in [-0.2, -0.15) is 0 Å². The molecule has 0 aliphatic heterocycles. The molecule has 0 fully saturated rings. The Hall–Kier alpha value is 2.63. The molecular weight excluding hydrogens is 203 g/mol. The van der Waals surface area contributed by atoms with Gasteiger partial charge in [0.25, 0.3) is 0 Å². The van der Waals surface area contributed by atoms with E-state index in [0.29, 0.717) is 0 Å². The third-order valence-electron chi connectivity index (χ3n) is 0. The quantitative estimate of drug-likeness (QED) is 0.421. The van der Waals surface area contributed by atoms with Crippen LogP contribution in [0, 0.1) is 0 Å². The van der Waals surface area contributed by atoms with Crippen molar-refractivity contribution in [2.24, 2.45) is 0 Å². The summed E-state index contributed by atoms with van der Waals surface area (Å²) in [6.07, 6.45) is 0. The van der Waals surface area contributed by atoms with E-state index in [-0.39, 0.29) is 91.0 Å². The van der Waals surface area contributed by atoms with Gasteiger partial charge < -0.3 is 4.79 Å². The van der Waals surface area contributed by atoms with Gasteiger partial charge >= 0.3 is 91.0 Å². The summed E-state index contributed by atoms with van der Waals surface area (Å²) in [6.45, 7) is 2.00. The Labute approximate surface area is 99.7 Å². The van der Waals surface area contributed by atoms with Gasteiger partial charge in [-0.05, 0) is 0 Å². The summed E-state index contributed by atoms with van der Waals surface area (Å²) in [5.41, 5.74) is 0. The van der Waals surface area contributed by atoms with E-state index in [2.05, 4.69) is 0 Å². The van der Waals surface area contributed by atoms with E-state index in [1.165, 1.54) is 0 Å². The molecule has 4 heavy (non-hydrogen) atoms. The summed E-state index contributed by atoms with van der Waals surface area (Å²) in [5.74, 6) is 0. The second-order valence-electron chi connectivity index (χ2n) is 0. The molecule has 0 heterocycles. The van der Waals surface area contributed by atoms with Crippen LogP contribution in [-0.4, -0.2) is 97.8 Å². The Bertz CT molecular complexity index is 6.00. The van der Waals surface area contributed by atoms with Gasteiger partial charge in [0.2, 0.25) is 0 Å². The van der Waals surface area contributed by atoms with Crippen molar-refractivity contribution in [1.29, 1.82) is 0 Å². The molecule has 0 atom stereocenters. The summed E-state index contributed by atoms with van der Waals surface area (Å²) in [6, 6.07) is 0. The maximum atomic E-state index is 8.00. The molecule has 0 unspecified atom stereocenters. The Kier molecular flexibility index (Phi) is 69.6. The van der Waals surface area contributed by atoms with E-state index in [4.69, 9.17) is 4.79 Å². The van der Waals surface area contributed by atoms with Crippen LogP contribution in [0.1, 0.15) is 0 Å². The first-order valence-electron chi connectivity index (χ1n) is 0.289. The van der Waals surface area contributed by atoms with Crippen LogP contribution in [0.5, 0.6) is 0 Å². The van der Waals surface area contributed by atoms with E-state index >= 15 is 0 Å². The molecule has 0 saturated heterocycles. The van der Waals surface area contributed by atoms with E-state index in [9.17, 15) is 0 Å². The van der Waals surface area contributed by atoms with Crippen LogP contribution in [0.25, 0.3) is 0 Å². The van der Waals surface area contributed by atoms with Gasteiger partial charge in [0.15, 0.2) is 0 Å². The van der Waals surface area contributed by atoms with Crippen molar-refractivity contribution >= 4 is 97.8 Å². The minimum absolute atomic E-state index is 0. The van der Waals surface area contributed by atoms with Gasteiger partial charge in [-0.3, -0.25) is 0 Å². The van der Waals surface area contributed by atoms with Gasteiger partial charge in [0, 0.05) is 0 Å². The first-order valence-corrected chi connectivity index (χ1v) is 0.289. The second-order valence-corrected chi connectivity index (χ2v) is 0. The first kappa shape index (κ1) is 15.9. The van der Waals surface area contributed by atoms with Gasteiger partial charge in [-0.1, -0.05) is 0 Å². The average molecular weight is 209 g/mol. The molecule has 0 spiro atoms. The molecule has 0 rings (SSSR count). The topological polar surface area (TPSA) is 17.1 Å². The van der Waals surface area contributed by atoms with Gasteiger partial charge in [0.05, 0.1) is 0 Å². The van der Waals surface area contributed by atoms with Crippen molar-refractivity contribution in [3.05, 3.63) is 0 Å². The van der Waals surface area contributed by atoms with E-state index in [0.717, 1.165) is 0 Å². The number of hydrogen-bond acceptors (Lipinski definition) is 1. The molecule has 0 aromatic rings. The summed E-state index contributed by atoms with van der Waals surface area (Å²) in [7, 11) is 0. The molecule has 3 heteroatoms. The Morgan fingerprint density at radius 3 is 1.00 bits per heavy atom. The van der Waals surface area contributed by atoms with Crippen LogP contribution < -0.4 is 0 Å². The molecule has 0 amide bonds. The zero-order chi connectivity index (χ0) is 2.00. The molecule has 0 aromatic carbocycles. The van der Waals surface area contributed by atoms with Crippen molar-refractivity contribution in [3.63, 3.8) is 0 Å². The summed E-state index contributed by atoms with van der Waals surface area (Å²) < 4.78 is 0. The van der Waals surface area contributed by atoms with E-state index in [1.807, 2.05) is 6.79 Å². The zero-order valence-corrected chi connectivity index (χ0v) is 1.12. The molecule has 0 N–H and O–H groups in total. The van der Waals surface area contributed by atoms with Crippen molar-refractivity contribution in [2.45, 2.75) is 0 Å². The molecule has 0 aromatic heterocycles. The fourth-order valence-electron chi connectivity index (χ4n) is 0. The molecule has 0 radical (unpaired) electrons. The normalized spacial score (nSPS) is 1.00.